The minimum atomic E-state index is 0.635. The van der Waals surface area contributed by atoms with E-state index in [1.807, 2.05) is 11.6 Å². The maximum Gasteiger partial charge on any atom is 0.146 e. The molecule has 1 fully saturated rings. The van der Waals surface area contributed by atoms with E-state index >= 15 is 0 Å². The molecule has 0 saturated carbocycles. The van der Waals surface area contributed by atoms with Gasteiger partial charge in [-0.2, -0.15) is 0 Å². The summed E-state index contributed by atoms with van der Waals surface area (Å²) in [5.74, 6) is 1.05. The lowest BCUT2D eigenvalue weighted by molar-refractivity contribution is 0.129. The molecule has 0 aliphatic carbocycles. The van der Waals surface area contributed by atoms with Gasteiger partial charge in [-0.1, -0.05) is 6.42 Å². The molecule has 1 unspecified atom stereocenters. The smallest absolute Gasteiger partial charge is 0.146 e. The summed E-state index contributed by atoms with van der Waals surface area (Å²) >= 11 is 0. The second kappa shape index (κ2) is 5.41. The second-order valence-corrected chi connectivity index (χ2v) is 4.56. The lowest BCUT2D eigenvalue weighted by Gasteiger charge is -2.35. The second-order valence-electron chi connectivity index (χ2n) is 4.56. The van der Waals surface area contributed by atoms with Crippen LogP contribution in [0.4, 0.5) is 0 Å². The predicted molar refractivity (Wildman–Crippen MR) is 62.7 cm³/mol. The first kappa shape index (κ1) is 11.5. The van der Waals surface area contributed by atoms with E-state index < -0.39 is 0 Å². The molecule has 0 bridgehead atoms. The van der Waals surface area contributed by atoms with Crippen LogP contribution >= 0.6 is 0 Å². The maximum absolute atomic E-state index is 5.67. The molecule has 1 atom stereocenters. The van der Waals surface area contributed by atoms with E-state index in [-0.39, 0.29) is 0 Å². The molecule has 2 rings (SSSR count). The number of rotatable bonds is 4. The van der Waals surface area contributed by atoms with Crippen molar-refractivity contribution in [2.75, 3.05) is 13.1 Å². The van der Waals surface area contributed by atoms with Crippen LogP contribution in [0.25, 0.3) is 0 Å². The van der Waals surface area contributed by atoms with Crippen molar-refractivity contribution >= 4 is 0 Å². The molecule has 1 aliphatic rings. The number of hydrogen-bond acceptors (Lipinski definition) is 4. The van der Waals surface area contributed by atoms with Gasteiger partial charge in [0.25, 0.3) is 0 Å². The molecule has 2 heterocycles. The van der Waals surface area contributed by atoms with Gasteiger partial charge < -0.3 is 10.3 Å². The Labute approximate surface area is 96.6 Å². The summed E-state index contributed by atoms with van der Waals surface area (Å²) in [5.41, 5.74) is 5.67. The van der Waals surface area contributed by atoms with Gasteiger partial charge in [0.05, 0.1) is 6.54 Å². The van der Waals surface area contributed by atoms with Crippen molar-refractivity contribution in [3.8, 4) is 0 Å². The SMILES string of the molecule is Cn1cnnc1CN1CCCCC1CCN. The number of hydrogen-bond donors (Lipinski definition) is 1. The van der Waals surface area contributed by atoms with Crippen LogP contribution in [0.3, 0.4) is 0 Å². The van der Waals surface area contributed by atoms with E-state index in [1.165, 1.54) is 19.3 Å². The zero-order valence-electron chi connectivity index (χ0n) is 9.97. The van der Waals surface area contributed by atoms with Crippen molar-refractivity contribution in [1.29, 1.82) is 0 Å². The van der Waals surface area contributed by atoms with Crippen LogP contribution in [0, 0.1) is 0 Å². The van der Waals surface area contributed by atoms with Gasteiger partial charge in [0.2, 0.25) is 0 Å². The summed E-state index contributed by atoms with van der Waals surface area (Å²) < 4.78 is 1.99. The third-order valence-electron chi connectivity index (χ3n) is 3.40. The van der Waals surface area contributed by atoms with E-state index in [0.717, 1.165) is 31.9 Å². The molecule has 5 heteroatoms. The van der Waals surface area contributed by atoms with Crippen molar-refractivity contribution in [3.05, 3.63) is 12.2 Å². The molecular weight excluding hydrogens is 202 g/mol. The van der Waals surface area contributed by atoms with Gasteiger partial charge in [-0.05, 0) is 32.4 Å². The van der Waals surface area contributed by atoms with E-state index in [1.54, 1.807) is 6.33 Å². The van der Waals surface area contributed by atoms with Gasteiger partial charge in [0.15, 0.2) is 0 Å². The van der Waals surface area contributed by atoms with Gasteiger partial charge in [-0.25, -0.2) is 0 Å². The van der Waals surface area contributed by atoms with Gasteiger partial charge in [-0.15, -0.1) is 10.2 Å². The summed E-state index contributed by atoms with van der Waals surface area (Å²) in [4.78, 5) is 2.50. The fourth-order valence-corrected chi connectivity index (χ4v) is 2.42. The number of aromatic nitrogens is 3. The van der Waals surface area contributed by atoms with Gasteiger partial charge in [-0.3, -0.25) is 4.90 Å². The summed E-state index contributed by atoms with van der Waals surface area (Å²) in [7, 11) is 2.00. The third kappa shape index (κ3) is 2.59. The van der Waals surface area contributed by atoms with Crippen LogP contribution in [0.15, 0.2) is 6.33 Å². The fraction of sp³-hybridized carbons (Fsp3) is 0.818. The predicted octanol–water partition coefficient (Wildman–Crippen LogP) is 0.518. The first-order valence-corrected chi connectivity index (χ1v) is 6.08. The van der Waals surface area contributed by atoms with Gasteiger partial charge >= 0.3 is 0 Å². The van der Waals surface area contributed by atoms with Gasteiger partial charge in [0.1, 0.15) is 12.2 Å². The molecule has 1 aliphatic heterocycles. The fourth-order valence-electron chi connectivity index (χ4n) is 2.42. The Kier molecular flexibility index (Phi) is 3.90. The normalized spacial score (nSPS) is 22.5. The van der Waals surface area contributed by atoms with Crippen LogP contribution in [0.5, 0.6) is 0 Å². The first-order valence-electron chi connectivity index (χ1n) is 6.08. The molecular formula is C11H21N5. The number of nitrogens with two attached hydrogens (primary N) is 1. The minimum Gasteiger partial charge on any atom is -0.330 e. The average Bonchev–Trinajstić information content (AvgIpc) is 2.68. The highest BCUT2D eigenvalue weighted by molar-refractivity contribution is 4.87. The average molecular weight is 223 g/mol. The summed E-state index contributed by atoms with van der Waals surface area (Å²) in [6, 6.07) is 0.635. The lowest BCUT2D eigenvalue weighted by atomic mass is 9.99. The molecule has 1 aromatic heterocycles. The first-order chi connectivity index (χ1) is 7.81. The molecule has 0 amide bonds. The topological polar surface area (TPSA) is 60.0 Å². The Morgan fingerprint density at radius 2 is 2.38 bits per heavy atom. The van der Waals surface area contributed by atoms with Crippen LogP contribution in [0.1, 0.15) is 31.5 Å². The molecule has 0 aromatic carbocycles. The Morgan fingerprint density at radius 3 is 3.06 bits per heavy atom. The van der Waals surface area contributed by atoms with Crippen molar-refractivity contribution in [1.82, 2.24) is 19.7 Å². The Hall–Kier alpha value is -0.940. The minimum absolute atomic E-state index is 0.635. The molecule has 16 heavy (non-hydrogen) atoms. The highest BCUT2D eigenvalue weighted by Crippen LogP contribution is 2.20. The van der Waals surface area contributed by atoms with Crippen LogP contribution < -0.4 is 5.73 Å². The Morgan fingerprint density at radius 1 is 1.50 bits per heavy atom. The summed E-state index contributed by atoms with van der Waals surface area (Å²) in [5, 5.41) is 8.06. The molecule has 5 nitrogen and oxygen atoms in total. The molecule has 90 valence electrons. The summed E-state index contributed by atoms with van der Waals surface area (Å²) in [6.45, 7) is 2.85. The Balaban J connectivity index is 1.98. The lowest BCUT2D eigenvalue weighted by Crippen LogP contribution is -2.40. The highest BCUT2D eigenvalue weighted by atomic mass is 15.3. The van der Waals surface area contributed by atoms with Crippen LogP contribution in [0.2, 0.25) is 0 Å². The number of likely N-dealkylation sites (tertiary alicyclic amines) is 1. The monoisotopic (exact) mass is 223 g/mol. The molecule has 1 saturated heterocycles. The standard InChI is InChI=1S/C11H21N5/c1-15-9-13-14-11(15)8-16-7-3-2-4-10(16)5-6-12/h9-10H,2-8,12H2,1H3. The quantitative estimate of drug-likeness (QED) is 0.808. The zero-order chi connectivity index (χ0) is 11.4. The van der Waals surface area contributed by atoms with Gasteiger partial charge in [0, 0.05) is 13.1 Å². The van der Waals surface area contributed by atoms with E-state index in [0.29, 0.717) is 6.04 Å². The van der Waals surface area contributed by atoms with E-state index in [9.17, 15) is 0 Å². The van der Waals surface area contributed by atoms with Crippen LogP contribution in [-0.2, 0) is 13.6 Å². The number of piperidine rings is 1. The number of aryl methyl sites for hydroxylation is 1. The molecule has 2 N–H and O–H groups in total. The van der Waals surface area contributed by atoms with E-state index in [4.69, 9.17) is 5.73 Å². The molecule has 1 aromatic rings. The maximum atomic E-state index is 5.67. The zero-order valence-corrected chi connectivity index (χ0v) is 9.97. The molecule has 0 spiro atoms. The largest absolute Gasteiger partial charge is 0.330 e. The molecule has 0 radical (unpaired) electrons. The van der Waals surface area contributed by atoms with E-state index in [2.05, 4.69) is 15.1 Å². The van der Waals surface area contributed by atoms with Crippen molar-refractivity contribution in [2.24, 2.45) is 12.8 Å². The van der Waals surface area contributed by atoms with Crippen molar-refractivity contribution < 1.29 is 0 Å². The number of nitrogens with zero attached hydrogens (tertiary/aromatic N) is 4. The Bertz CT molecular complexity index is 320. The highest BCUT2D eigenvalue weighted by Gasteiger charge is 2.22. The van der Waals surface area contributed by atoms with Crippen molar-refractivity contribution in [2.45, 2.75) is 38.3 Å². The third-order valence-corrected chi connectivity index (χ3v) is 3.40. The van der Waals surface area contributed by atoms with Crippen molar-refractivity contribution in [3.63, 3.8) is 0 Å². The van der Waals surface area contributed by atoms with Crippen LogP contribution in [-0.4, -0.2) is 38.8 Å². The summed E-state index contributed by atoms with van der Waals surface area (Å²) in [6.07, 6.45) is 6.75.